The number of rotatable bonds is 2. The highest BCUT2D eigenvalue weighted by molar-refractivity contribution is 8.06. The van der Waals surface area contributed by atoms with Crippen LogP contribution in [0.5, 0.6) is 0 Å². The smallest absolute Gasteiger partial charge is 0.330 e. The second kappa shape index (κ2) is 11.4. The van der Waals surface area contributed by atoms with Crippen LogP contribution < -0.4 is 0 Å². The van der Waals surface area contributed by atoms with Crippen LogP contribution in [0.4, 0.5) is 0 Å². The average Bonchev–Trinajstić information content (AvgIpc) is 1.98. The van der Waals surface area contributed by atoms with Gasteiger partial charge in [0.25, 0.3) is 0 Å². The van der Waals surface area contributed by atoms with Gasteiger partial charge in [-0.25, -0.2) is 4.79 Å². The molecule has 0 radical (unpaired) electrons. The largest absolute Gasteiger partial charge is 0.463 e. The Morgan fingerprint density at radius 2 is 1.41 bits per heavy atom. The molecule has 0 amide bonds. The van der Waals surface area contributed by atoms with E-state index in [2.05, 4.69) is 34.9 Å². The van der Waals surface area contributed by atoms with Crippen molar-refractivity contribution in [2.24, 2.45) is 0 Å². The highest BCUT2D eigenvalue weighted by atomic mass is 32.5. The molecule has 0 saturated heterocycles. The fraction of sp³-hybridized carbons (Fsp3) is 0.400. The van der Waals surface area contributed by atoms with E-state index >= 15 is 0 Å². The quantitative estimate of drug-likeness (QED) is 0.214. The standard InChI is InChI=1S/C5H8O2.2H3O3PS/c1-3-5(6)7-4-2;2*1-4(2,3)5/h3H,1,4H2,2H3;2*(H3,1,2,3,5). The van der Waals surface area contributed by atoms with Crippen molar-refractivity contribution in [2.75, 3.05) is 6.61 Å². The molecular formula is C5H14O8P2S2. The van der Waals surface area contributed by atoms with Crippen molar-refractivity contribution in [1.29, 1.82) is 0 Å². The maximum Gasteiger partial charge on any atom is 0.330 e. The fourth-order valence-electron chi connectivity index (χ4n) is 0.201. The summed E-state index contributed by atoms with van der Waals surface area (Å²) in [6.07, 6.45) is 1.14. The Morgan fingerprint density at radius 1 is 1.18 bits per heavy atom. The predicted octanol–water partition coefficient (Wildman–Crippen LogP) is -0.889. The molecule has 0 aliphatic rings. The van der Waals surface area contributed by atoms with Gasteiger partial charge in [-0.1, -0.05) is 6.58 Å². The predicted molar refractivity (Wildman–Crippen MR) is 68.7 cm³/mol. The minimum Gasteiger partial charge on any atom is -0.463 e. The molecule has 0 atom stereocenters. The van der Waals surface area contributed by atoms with Crippen molar-refractivity contribution in [3.63, 3.8) is 0 Å². The molecule has 0 aromatic carbocycles. The van der Waals surface area contributed by atoms with E-state index in [0.717, 1.165) is 6.08 Å². The van der Waals surface area contributed by atoms with Crippen LogP contribution >= 0.6 is 13.4 Å². The first kappa shape index (κ1) is 22.5. The first-order valence-electron chi connectivity index (χ1n) is 3.67. The molecule has 12 heteroatoms. The summed E-state index contributed by atoms with van der Waals surface area (Å²) in [7, 11) is 0. The maximum absolute atomic E-state index is 10.1. The van der Waals surface area contributed by atoms with Gasteiger partial charge >= 0.3 is 19.4 Å². The van der Waals surface area contributed by atoms with E-state index in [1.54, 1.807) is 6.92 Å². The Balaban J connectivity index is -0.000000177. The Bertz CT molecular complexity index is 271. The van der Waals surface area contributed by atoms with E-state index in [0.29, 0.717) is 6.61 Å². The SMILES string of the molecule is C=CC(=O)OCC.OP(O)(O)=S.OP(O)(O)=S. The molecule has 0 aliphatic heterocycles. The summed E-state index contributed by atoms with van der Waals surface area (Å²) in [5.41, 5.74) is 0. The Kier molecular flexibility index (Phi) is 15.0. The van der Waals surface area contributed by atoms with Crippen molar-refractivity contribution >= 4 is 43.0 Å². The Labute approximate surface area is 108 Å². The number of carbonyl (C=O) groups excluding carboxylic acids is 1. The van der Waals surface area contributed by atoms with Gasteiger partial charge in [0.05, 0.1) is 6.61 Å². The normalized spacial score (nSPS) is 10.1. The molecule has 0 aromatic heterocycles. The summed E-state index contributed by atoms with van der Waals surface area (Å²) in [5.74, 6) is -0.359. The van der Waals surface area contributed by atoms with Gasteiger partial charge < -0.3 is 34.1 Å². The zero-order valence-electron chi connectivity index (χ0n) is 8.70. The van der Waals surface area contributed by atoms with Crippen LogP contribution in [0.15, 0.2) is 12.7 Å². The molecule has 8 nitrogen and oxygen atoms in total. The molecule has 0 saturated carbocycles. The number of carbonyl (C=O) groups is 1. The summed E-state index contributed by atoms with van der Waals surface area (Å²) in [5, 5.41) is 0. The van der Waals surface area contributed by atoms with Gasteiger partial charge in [-0.15, -0.1) is 0 Å². The molecule has 0 heterocycles. The number of ether oxygens (including phenoxy) is 1. The van der Waals surface area contributed by atoms with Crippen molar-refractivity contribution in [3.8, 4) is 0 Å². The molecule has 0 spiro atoms. The van der Waals surface area contributed by atoms with Gasteiger partial charge in [-0.2, -0.15) is 0 Å². The lowest BCUT2D eigenvalue weighted by molar-refractivity contribution is -0.137. The highest BCUT2D eigenvalue weighted by Crippen LogP contribution is 2.26. The summed E-state index contributed by atoms with van der Waals surface area (Å²) in [6, 6.07) is 0. The fourth-order valence-corrected chi connectivity index (χ4v) is 0.201. The van der Waals surface area contributed by atoms with Gasteiger partial charge in [-0.05, 0) is 30.5 Å². The van der Waals surface area contributed by atoms with Gasteiger partial charge in [0.1, 0.15) is 0 Å². The highest BCUT2D eigenvalue weighted by Gasteiger charge is 1.92. The third-order valence-corrected chi connectivity index (χ3v) is 0.453. The van der Waals surface area contributed by atoms with Gasteiger partial charge in [-0.3, -0.25) is 0 Å². The van der Waals surface area contributed by atoms with Crippen molar-refractivity contribution in [3.05, 3.63) is 12.7 Å². The second-order valence-electron chi connectivity index (χ2n) is 1.98. The maximum atomic E-state index is 10.1. The number of esters is 1. The topological polar surface area (TPSA) is 148 Å². The van der Waals surface area contributed by atoms with Crippen molar-refractivity contribution in [2.45, 2.75) is 6.92 Å². The minimum atomic E-state index is -3.81. The molecule has 6 N–H and O–H groups in total. The zero-order chi connectivity index (χ0) is 14.7. The summed E-state index contributed by atoms with van der Waals surface area (Å²) in [6.45, 7) is -2.23. The van der Waals surface area contributed by atoms with Gasteiger partial charge in [0, 0.05) is 6.08 Å². The lowest BCUT2D eigenvalue weighted by Gasteiger charge is -1.90. The summed E-state index contributed by atoms with van der Waals surface area (Å²) >= 11 is 7.21. The molecule has 0 rings (SSSR count). The van der Waals surface area contributed by atoms with E-state index in [9.17, 15) is 4.79 Å². The van der Waals surface area contributed by atoms with Crippen LogP contribution in [0, 0.1) is 0 Å². The van der Waals surface area contributed by atoms with Crippen molar-refractivity contribution < 1.29 is 38.9 Å². The Morgan fingerprint density at radius 3 is 1.47 bits per heavy atom. The van der Waals surface area contributed by atoms with Crippen LogP contribution in [-0.4, -0.2) is 41.9 Å². The van der Waals surface area contributed by atoms with Gasteiger partial charge in [0.2, 0.25) is 0 Å². The van der Waals surface area contributed by atoms with E-state index in [4.69, 9.17) is 29.4 Å². The molecule has 104 valence electrons. The third-order valence-electron chi connectivity index (χ3n) is 0.453. The van der Waals surface area contributed by atoms with Crippen LogP contribution in [0.1, 0.15) is 6.92 Å². The van der Waals surface area contributed by atoms with E-state index in [-0.39, 0.29) is 5.97 Å². The lowest BCUT2D eigenvalue weighted by Crippen LogP contribution is -1.97. The first-order valence-corrected chi connectivity index (χ1v) is 8.99. The molecule has 17 heavy (non-hydrogen) atoms. The van der Waals surface area contributed by atoms with E-state index in [1.807, 2.05) is 0 Å². The zero-order valence-corrected chi connectivity index (χ0v) is 12.1. The minimum absolute atomic E-state index is 0.359. The summed E-state index contributed by atoms with van der Waals surface area (Å²) in [4.78, 5) is 55.4. The molecular weight excluding hydrogens is 314 g/mol. The summed E-state index contributed by atoms with van der Waals surface area (Å²) < 4.78 is 4.43. The molecule has 0 fully saturated rings. The van der Waals surface area contributed by atoms with E-state index in [1.165, 1.54) is 0 Å². The molecule has 0 aliphatic carbocycles. The average molecular weight is 328 g/mol. The van der Waals surface area contributed by atoms with Crippen molar-refractivity contribution in [1.82, 2.24) is 0 Å². The first-order chi connectivity index (χ1) is 7.31. The van der Waals surface area contributed by atoms with E-state index < -0.39 is 13.4 Å². The second-order valence-corrected chi connectivity index (χ2v) is 6.98. The molecule has 0 bridgehead atoms. The lowest BCUT2D eigenvalue weighted by atomic mass is 10.6. The number of hydrogen-bond acceptors (Lipinski definition) is 4. The van der Waals surface area contributed by atoms with Gasteiger partial charge in [0.15, 0.2) is 0 Å². The number of hydrogen-bond donors (Lipinski definition) is 6. The Hall–Kier alpha value is 0.270. The van der Waals surface area contributed by atoms with Crippen LogP contribution in [0.3, 0.4) is 0 Å². The molecule has 0 aromatic rings. The van der Waals surface area contributed by atoms with Crippen LogP contribution in [0.25, 0.3) is 0 Å². The van der Waals surface area contributed by atoms with Crippen LogP contribution in [0.2, 0.25) is 0 Å². The van der Waals surface area contributed by atoms with Crippen LogP contribution in [-0.2, 0) is 33.1 Å². The third kappa shape index (κ3) is 119. The molecule has 0 unspecified atom stereocenters. The monoisotopic (exact) mass is 328 g/mol.